The molecule has 7 heteroatoms. The van der Waals surface area contributed by atoms with Crippen LogP contribution in [0.3, 0.4) is 0 Å². The predicted molar refractivity (Wildman–Crippen MR) is 122 cm³/mol. The van der Waals surface area contributed by atoms with Crippen LogP contribution in [0.5, 0.6) is 17.5 Å². The summed E-state index contributed by atoms with van der Waals surface area (Å²) >= 11 is 0. The van der Waals surface area contributed by atoms with Crippen molar-refractivity contribution in [3.8, 4) is 17.5 Å². The number of benzene rings is 2. The number of rotatable bonds is 5. The molecule has 0 atom stereocenters. The summed E-state index contributed by atoms with van der Waals surface area (Å²) in [6.45, 7) is 6.07. The van der Waals surface area contributed by atoms with E-state index >= 15 is 0 Å². The topological polar surface area (TPSA) is 80.3 Å². The van der Waals surface area contributed by atoms with E-state index in [-0.39, 0.29) is 17.2 Å². The van der Waals surface area contributed by atoms with E-state index in [1.165, 1.54) is 6.20 Å². The van der Waals surface area contributed by atoms with E-state index in [1.54, 1.807) is 12.3 Å². The van der Waals surface area contributed by atoms with Crippen molar-refractivity contribution >= 4 is 22.3 Å². The molecule has 0 aliphatic heterocycles. The molecule has 0 aliphatic rings. The largest absolute Gasteiger partial charge is 0.488 e. The highest BCUT2D eigenvalue weighted by Gasteiger charge is 2.12. The lowest BCUT2D eigenvalue weighted by atomic mass is 10.2. The molecule has 158 valence electrons. The number of hydrogen-bond donors (Lipinski definition) is 1. The third-order valence-corrected chi connectivity index (χ3v) is 4.57. The van der Waals surface area contributed by atoms with Gasteiger partial charge in [0.1, 0.15) is 17.1 Å². The van der Waals surface area contributed by atoms with Crippen molar-refractivity contribution in [1.82, 2.24) is 15.0 Å². The summed E-state index contributed by atoms with van der Waals surface area (Å²) in [4.78, 5) is 25.2. The zero-order valence-corrected chi connectivity index (χ0v) is 17.9. The minimum atomic E-state index is -0.266. The Morgan fingerprint density at radius 2 is 1.52 bits per heavy atom. The molecule has 0 unspecified atom stereocenters. The van der Waals surface area contributed by atoms with E-state index in [4.69, 9.17) is 9.47 Å². The molecule has 31 heavy (non-hydrogen) atoms. The van der Waals surface area contributed by atoms with Crippen LogP contribution in [0.1, 0.15) is 20.8 Å². The lowest BCUT2D eigenvalue weighted by Crippen LogP contribution is -2.22. The highest BCUT2D eigenvalue weighted by molar-refractivity contribution is 5.76. The van der Waals surface area contributed by atoms with Crippen molar-refractivity contribution in [3.05, 3.63) is 77.3 Å². The molecule has 2 aromatic carbocycles. The summed E-state index contributed by atoms with van der Waals surface area (Å²) in [6.07, 6.45) is 3.09. The molecule has 4 rings (SSSR count). The third-order valence-electron chi connectivity index (χ3n) is 4.57. The Labute approximate surface area is 180 Å². The summed E-state index contributed by atoms with van der Waals surface area (Å²) in [5, 5.41) is 0.471. The van der Waals surface area contributed by atoms with E-state index < -0.39 is 0 Å². The van der Waals surface area contributed by atoms with Crippen LogP contribution in [0, 0.1) is 0 Å². The first kappa shape index (κ1) is 20.4. The molecule has 7 nitrogen and oxygen atoms in total. The first-order chi connectivity index (χ1) is 14.8. The average Bonchev–Trinajstić information content (AvgIpc) is 2.73. The minimum absolute atomic E-state index is 0.126. The molecule has 0 fully saturated rings. The fraction of sp³-hybridized carbons (Fsp3) is 0.208. The molecule has 0 amide bonds. The van der Waals surface area contributed by atoms with Gasteiger partial charge < -0.3 is 14.4 Å². The van der Waals surface area contributed by atoms with Crippen LogP contribution in [-0.4, -0.2) is 27.6 Å². The number of nitrogens with zero attached hydrogens (tertiary/aromatic N) is 3. The summed E-state index contributed by atoms with van der Waals surface area (Å²) < 4.78 is 11.6. The van der Waals surface area contributed by atoms with Crippen LogP contribution in [0.15, 0.2) is 71.8 Å². The van der Waals surface area contributed by atoms with Gasteiger partial charge in [0.25, 0.3) is 5.56 Å². The van der Waals surface area contributed by atoms with E-state index in [2.05, 4.69) is 19.9 Å². The summed E-state index contributed by atoms with van der Waals surface area (Å²) in [7, 11) is 1.99. The molecule has 1 N–H and O–H groups in total. The number of ether oxygens (including phenoxy) is 2. The van der Waals surface area contributed by atoms with Crippen LogP contribution in [0.4, 0.5) is 11.4 Å². The van der Waals surface area contributed by atoms with Crippen molar-refractivity contribution < 1.29 is 9.47 Å². The molecule has 4 aromatic rings. The van der Waals surface area contributed by atoms with Crippen molar-refractivity contribution in [2.24, 2.45) is 0 Å². The monoisotopic (exact) mass is 416 g/mol. The fourth-order valence-electron chi connectivity index (χ4n) is 3.11. The second-order valence-electron chi connectivity index (χ2n) is 8.13. The number of pyridine rings is 1. The van der Waals surface area contributed by atoms with Gasteiger partial charge in [0, 0.05) is 24.6 Å². The lowest BCUT2D eigenvalue weighted by Gasteiger charge is -2.23. The third kappa shape index (κ3) is 4.83. The Morgan fingerprint density at radius 3 is 2.13 bits per heavy atom. The van der Waals surface area contributed by atoms with Crippen LogP contribution >= 0.6 is 0 Å². The average molecular weight is 416 g/mol. The van der Waals surface area contributed by atoms with Crippen molar-refractivity contribution in [2.75, 3.05) is 11.9 Å². The molecule has 0 spiro atoms. The molecule has 0 aliphatic carbocycles. The molecule has 0 saturated carbocycles. The number of anilines is 2. The lowest BCUT2D eigenvalue weighted by molar-refractivity contribution is 0.131. The van der Waals surface area contributed by atoms with Gasteiger partial charge in [0.05, 0.1) is 17.1 Å². The van der Waals surface area contributed by atoms with Crippen molar-refractivity contribution in [3.63, 3.8) is 0 Å². The summed E-state index contributed by atoms with van der Waals surface area (Å²) in [5.74, 6) is 1.40. The van der Waals surface area contributed by atoms with Crippen LogP contribution in [0.25, 0.3) is 10.9 Å². The Bertz CT molecular complexity index is 1240. The first-order valence-corrected chi connectivity index (χ1v) is 9.93. The van der Waals surface area contributed by atoms with Gasteiger partial charge in [0.2, 0.25) is 0 Å². The van der Waals surface area contributed by atoms with E-state index in [0.29, 0.717) is 16.7 Å². The SMILES string of the molecule is CN(c1ccc(Oc2nc3cnccc3c(=O)[nH]2)cc1)c1ccc(OC(C)(C)C)cc1. The quantitative estimate of drug-likeness (QED) is 0.490. The van der Waals surface area contributed by atoms with Gasteiger partial charge >= 0.3 is 6.01 Å². The maximum atomic E-state index is 12.2. The second-order valence-corrected chi connectivity index (χ2v) is 8.13. The van der Waals surface area contributed by atoms with E-state index in [1.807, 2.05) is 76.3 Å². The second kappa shape index (κ2) is 8.10. The summed E-state index contributed by atoms with van der Waals surface area (Å²) in [6, 6.07) is 17.2. The van der Waals surface area contributed by atoms with E-state index in [9.17, 15) is 4.79 Å². The Hall–Kier alpha value is -3.87. The van der Waals surface area contributed by atoms with Crippen LogP contribution in [-0.2, 0) is 0 Å². The van der Waals surface area contributed by atoms with Gasteiger partial charge in [-0.3, -0.25) is 14.8 Å². The first-order valence-electron chi connectivity index (χ1n) is 9.93. The number of nitrogens with one attached hydrogen (secondary N) is 1. The smallest absolute Gasteiger partial charge is 0.302 e. The molecule has 0 radical (unpaired) electrons. The molecule has 0 saturated heterocycles. The van der Waals surface area contributed by atoms with Gasteiger partial charge in [0.15, 0.2) is 0 Å². The molecular formula is C24H24N4O3. The van der Waals surface area contributed by atoms with Crippen LogP contribution < -0.4 is 19.9 Å². The normalized spacial score (nSPS) is 11.4. The maximum Gasteiger partial charge on any atom is 0.302 e. The van der Waals surface area contributed by atoms with Gasteiger partial charge in [-0.05, 0) is 75.4 Å². The Kier molecular flexibility index (Phi) is 5.33. The minimum Gasteiger partial charge on any atom is -0.488 e. The summed E-state index contributed by atoms with van der Waals surface area (Å²) in [5.41, 5.74) is 2.00. The molecular weight excluding hydrogens is 392 g/mol. The molecule has 2 heterocycles. The predicted octanol–water partition coefficient (Wildman–Crippen LogP) is 5.06. The van der Waals surface area contributed by atoms with Crippen molar-refractivity contribution in [1.29, 1.82) is 0 Å². The standard InChI is InChI=1S/C24H24N4O3/c1-24(2,3)31-19-11-7-17(8-12-19)28(4)16-5-9-18(10-6-16)30-23-26-21-15-25-14-13-20(21)22(29)27-23/h5-15H,1-4H3,(H,26,27,29). The zero-order chi connectivity index (χ0) is 22.0. The van der Waals surface area contributed by atoms with Gasteiger partial charge in [-0.15, -0.1) is 0 Å². The molecule has 2 aromatic heterocycles. The number of aromatic amines is 1. The highest BCUT2D eigenvalue weighted by Crippen LogP contribution is 2.29. The van der Waals surface area contributed by atoms with Gasteiger partial charge in [-0.25, -0.2) is 0 Å². The van der Waals surface area contributed by atoms with Gasteiger partial charge in [-0.2, -0.15) is 4.98 Å². The molecule has 0 bridgehead atoms. The van der Waals surface area contributed by atoms with Crippen molar-refractivity contribution in [2.45, 2.75) is 26.4 Å². The Morgan fingerprint density at radius 1 is 0.903 bits per heavy atom. The zero-order valence-electron chi connectivity index (χ0n) is 17.9. The highest BCUT2D eigenvalue weighted by atomic mass is 16.5. The number of hydrogen-bond acceptors (Lipinski definition) is 6. The number of aromatic nitrogens is 3. The van der Waals surface area contributed by atoms with Crippen LogP contribution in [0.2, 0.25) is 0 Å². The Balaban J connectivity index is 1.48. The maximum absolute atomic E-state index is 12.2. The number of H-pyrrole nitrogens is 1. The number of fused-ring (bicyclic) bond motifs is 1. The van der Waals surface area contributed by atoms with Gasteiger partial charge in [-0.1, -0.05) is 0 Å². The van der Waals surface area contributed by atoms with E-state index in [0.717, 1.165) is 17.1 Å². The fourth-order valence-corrected chi connectivity index (χ4v) is 3.11.